The Bertz CT molecular complexity index is 224. The Labute approximate surface area is 80.3 Å². The molecule has 1 unspecified atom stereocenters. The summed E-state index contributed by atoms with van der Waals surface area (Å²) in [4.78, 5) is 0. The number of sulfone groups is 1. The van der Waals surface area contributed by atoms with E-state index in [4.69, 9.17) is 5.11 Å². The Morgan fingerprint density at radius 3 is 2.23 bits per heavy atom. The molecule has 2 N–H and O–H groups in total. The summed E-state index contributed by atoms with van der Waals surface area (Å²) >= 11 is 0. The van der Waals surface area contributed by atoms with Gasteiger partial charge < -0.3 is 5.11 Å². The van der Waals surface area contributed by atoms with E-state index < -0.39 is 9.84 Å². The van der Waals surface area contributed by atoms with Gasteiger partial charge in [0.15, 0.2) is 9.84 Å². The SMILES string of the molecule is CC(C)CC(CO)NCS(C)(=O)=O. The highest BCUT2D eigenvalue weighted by molar-refractivity contribution is 7.90. The summed E-state index contributed by atoms with van der Waals surface area (Å²) in [5.74, 6) is 0.384. The maximum absolute atomic E-state index is 10.8. The first-order valence-electron chi connectivity index (χ1n) is 4.37. The quantitative estimate of drug-likeness (QED) is 0.645. The van der Waals surface area contributed by atoms with Crippen molar-refractivity contribution >= 4 is 9.84 Å². The lowest BCUT2D eigenvalue weighted by Gasteiger charge is -2.17. The minimum absolute atomic E-state index is 0.0201. The Kier molecular flexibility index (Phi) is 5.51. The Morgan fingerprint density at radius 1 is 1.38 bits per heavy atom. The zero-order chi connectivity index (χ0) is 10.5. The fraction of sp³-hybridized carbons (Fsp3) is 1.00. The van der Waals surface area contributed by atoms with Crippen LogP contribution in [0, 0.1) is 5.92 Å². The molecule has 0 aromatic rings. The van der Waals surface area contributed by atoms with Crippen molar-refractivity contribution in [1.29, 1.82) is 0 Å². The van der Waals surface area contributed by atoms with Crippen LogP contribution in [0.4, 0.5) is 0 Å². The number of aliphatic hydroxyl groups excluding tert-OH is 1. The van der Waals surface area contributed by atoms with Crippen LogP contribution in [0.2, 0.25) is 0 Å². The number of hydrogen-bond acceptors (Lipinski definition) is 4. The maximum atomic E-state index is 10.8. The molecule has 4 nitrogen and oxygen atoms in total. The predicted molar refractivity (Wildman–Crippen MR) is 53.2 cm³/mol. The number of aliphatic hydroxyl groups is 1. The lowest BCUT2D eigenvalue weighted by Crippen LogP contribution is -2.37. The highest BCUT2D eigenvalue weighted by Gasteiger charge is 2.11. The van der Waals surface area contributed by atoms with Gasteiger partial charge in [0.25, 0.3) is 0 Å². The van der Waals surface area contributed by atoms with Crippen molar-refractivity contribution in [2.45, 2.75) is 26.3 Å². The van der Waals surface area contributed by atoms with E-state index in [1.165, 1.54) is 6.26 Å². The lowest BCUT2D eigenvalue weighted by atomic mass is 10.1. The molecule has 0 rings (SSSR count). The molecule has 0 fully saturated rings. The van der Waals surface area contributed by atoms with Crippen molar-refractivity contribution in [1.82, 2.24) is 5.32 Å². The van der Waals surface area contributed by atoms with Crippen molar-refractivity contribution in [2.75, 3.05) is 18.7 Å². The zero-order valence-corrected chi connectivity index (χ0v) is 9.26. The van der Waals surface area contributed by atoms with Crippen LogP contribution in [0.25, 0.3) is 0 Å². The monoisotopic (exact) mass is 209 g/mol. The first-order valence-corrected chi connectivity index (χ1v) is 6.43. The molecular formula is C8H19NO3S. The van der Waals surface area contributed by atoms with E-state index in [1.807, 2.05) is 13.8 Å². The predicted octanol–water partition coefficient (Wildman–Crippen LogP) is -0.0149. The second-order valence-electron chi connectivity index (χ2n) is 3.78. The largest absolute Gasteiger partial charge is 0.395 e. The number of rotatable bonds is 6. The van der Waals surface area contributed by atoms with E-state index in [9.17, 15) is 8.42 Å². The summed E-state index contributed by atoms with van der Waals surface area (Å²) in [5, 5.41) is 11.7. The fourth-order valence-corrected chi connectivity index (χ4v) is 1.60. The Morgan fingerprint density at radius 2 is 1.92 bits per heavy atom. The van der Waals surface area contributed by atoms with Crippen molar-refractivity contribution in [3.05, 3.63) is 0 Å². The molecular weight excluding hydrogens is 190 g/mol. The van der Waals surface area contributed by atoms with Crippen molar-refractivity contribution in [3.63, 3.8) is 0 Å². The third-order valence-corrected chi connectivity index (χ3v) is 2.30. The first-order chi connectivity index (χ1) is 5.85. The van der Waals surface area contributed by atoms with Gasteiger partial charge in [0.05, 0.1) is 12.5 Å². The number of hydrogen-bond donors (Lipinski definition) is 2. The smallest absolute Gasteiger partial charge is 0.160 e. The van der Waals surface area contributed by atoms with E-state index in [0.29, 0.717) is 5.92 Å². The minimum Gasteiger partial charge on any atom is -0.395 e. The maximum Gasteiger partial charge on any atom is 0.160 e. The van der Waals surface area contributed by atoms with Crippen molar-refractivity contribution < 1.29 is 13.5 Å². The van der Waals surface area contributed by atoms with Crippen LogP contribution in [0.5, 0.6) is 0 Å². The lowest BCUT2D eigenvalue weighted by molar-refractivity contribution is 0.229. The highest BCUT2D eigenvalue weighted by Crippen LogP contribution is 2.03. The second-order valence-corrected chi connectivity index (χ2v) is 5.92. The van der Waals surface area contributed by atoms with Crippen LogP contribution in [-0.4, -0.2) is 38.3 Å². The molecule has 80 valence electrons. The summed E-state index contributed by atoms with van der Waals surface area (Å²) in [6, 6.07) is -0.116. The van der Waals surface area contributed by atoms with Gasteiger partial charge in [0, 0.05) is 12.3 Å². The summed E-state index contributed by atoms with van der Waals surface area (Å²) < 4.78 is 21.6. The molecule has 0 aromatic carbocycles. The topological polar surface area (TPSA) is 66.4 Å². The molecule has 13 heavy (non-hydrogen) atoms. The van der Waals surface area contributed by atoms with Crippen LogP contribution >= 0.6 is 0 Å². The van der Waals surface area contributed by atoms with Crippen LogP contribution in [0.3, 0.4) is 0 Å². The molecule has 0 aliphatic carbocycles. The molecule has 5 heteroatoms. The molecule has 0 saturated heterocycles. The van der Waals surface area contributed by atoms with Crippen LogP contribution in [0.1, 0.15) is 20.3 Å². The summed E-state index contributed by atoms with van der Waals surface area (Å²) in [7, 11) is -2.99. The summed E-state index contributed by atoms with van der Waals surface area (Å²) in [6.07, 6.45) is 1.95. The second kappa shape index (κ2) is 5.57. The number of nitrogens with one attached hydrogen (secondary N) is 1. The molecule has 0 heterocycles. The third-order valence-electron chi connectivity index (χ3n) is 1.61. The Balaban J connectivity index is 3.86. The molecule has 0 radical (unpaired) electrons. The van der Waals surface area contributed by atoms with Gasteiger partial charge in [-0.15, -0.1) is 0 Å². The fourth-order valence-electron chi connectivity index (χ4n) is 1.06. The van der Waals surface area contributed by atoms with Gasteiger partial charge in [-0.05, 0) is 12.3 Å². The van der Waals surface area contributed by atoms with Gasteiger partial charge in [-0.25, -0.2) is 8.42 Å². The van der Waals surface area contributed by atoms with Crippen LogP contribution in [-0.2, 0) is 9.84 Å². The minimum atomic E-state index is -2.99. The van der Waals surface area contributed by atoms with Gasteiger partial charge in [-0.3, -0.25) is 5.32 Å². The van der Waals surface area contributed by atoms with E-state index in [1.54, 1.807) is 0 Å². The van der Waals surface area contributed by atoms with E-state index in [2.05, 4.69) is 5.32 Å². The Hall–Kier alpha value is -0.130. The first kappa shape index (κ1) is 12.9. The molecule has 1 atom stereocenters. The molecule has 0 aliphatic heterocycles. The summed E-state index contributed by atoms with van der Waals surface area (Å²) in [5.41, 5.74) is 0. The van der Waals surface area contributed by atoms with E-state index in [0.717, 1.165) is 6.42 Å². The van der Waals surface area contributed by atoms with Gasteiger partial charge in [-0.2, -0.15) is 0 Å². The van der Waals surface area contributed by atoms with Gasteiger partial charge in [0.2, 0.25) is 0 Å². The standard InChI is InChI=1S/C8H19NO3S/c1-7(2)4-8(5-10)9-6-13(3,11)12/h7-10H,4-6H2,1-3H3. The van der Waals surface area contributed by atoms with Crippen molar-refractivity contribution in [2.24, 2.45) is 5.92 Å². The normalized spacial score (nSPS) is 14.8. The molecule has 0 aromatic heterocycles. The average molecular weight is 209 g/mol. The molecule has 0 aliphatic rings. The summed E-state index contributed by atoms with van der Waals surface area (Å²) in [6.45, 7) is 4.04. The van der Waals surface area contributed by atoms with E-state index in [-0.39, 0.29) is 18.5 Å². The van der Waals surface area contributed by atoms with Gasteiger partial charge in [-0.1, -0.05) is 13.8 Å². The van der Waals surface area contributed by atoms with E-state index >= 15 is 0 Å². The highest BCUT2D eigenvalue weighted by atomic mass is 32.2. The van der Waals surface area contributed by atoms with Crippen LogP contribution < -0.4 is 5.32 Å². The molecule has 0 saturated carbocycles. The van der Waals surface area contributed by atoms with Gasteiger partial charge in [0.1, 0.15) is 0 Å². The van der Waals surface area contributed by atoms with Crippen molar-refractivity contribution in [3.8, 4) is 0 Å². The molecule has 0 spiro atoms. The third kappa shape index (κ3) is 8.21. The molecule has 0 bridgehead atoms. The zero-order valence-electron chi connectivity index (χ0n) is 8.45. The van der Waals surface area contributed by atoms with Gasteiger partial charge >= 0.3 is 0 Å². The molecule has 0 amide bonds. The van der Waals surface area contributed by atoms with Crippen LogP contribution in [0.15, 0.2) is 0 Å². The average Bonchev–Trinajstić information content (AvgIpc) is 1.95.